The molecule has 0 spiro atoms. The first kappa shape index (κ1) is 9.95. The van der Waals surface area contributed by atoms with Crippen LogP contribution in [0.4, 0.5) is 0 Å². The highest BCUT2D eigenvalue weighted by molar-refractivity contribution is 5.81. The van der Waals surface area contributed by atoms with Crippen molar-refractivity contribution >= 4 is 5.97 Å². The molecular formula is C9H14O2. The Balaban J connectivity index is 3.78. The van der Waals surface area contributed by atoms with Crippen molar-refractivity contribution in [3.63, 3.8) is 0 Å². The number of ether oxygens (including phenoxy) is 1. The molecule has 0 aromatic heterocycles. The van der Waals surface area contributed by atoms with Crippen molar-refractivity contribution in [2.45, 2.75) is 20.8 Å². The van der Waals surface area contributed by atoms with E-state index >= 15 is 0 Å². The van der Waals surface area contributed by atoms with E-state index in [0.29, 0.717) is 0 Å². The molecule has 0 rings (SSSR count). The van der Waals surface area contributed by atoms with Gasteiger partial charge in [0.1, 0.15) is 0 Å². The monoisotopic (exact) mass is 154 g/mol. The van der Waals surface area contributed by atoms with Crippen LogP contribution in [0.1, 0.15) is 20.8 Å². The molecule has 0 aromatic rings. The van der Waals surface area contributed by atoms with Crippen molar-refractivity contribution in [2.24, 2.45) is 5.41 Å². The van der Waals surface area contributed by atoms with E-state index < -0.39 is 5.97 Å². The Kier molecular flexibility index (Phi) is 3.58. The minimum absolute atomic E-state index is 0.0431. The quantitative estimate of drug-likeness (QED) is 0.346. The van der Waals surface area contributed by atoms with Crippen molar-refractivity contribution in [2.75, 3.05) is 0 Å². The molecule has 0 fully saturated rings. The molecule has 0 aliphatic rings. The molecule has 2 heteroatoms. The number of rotatable bonds is 2. The average Bonchev–Trinajstić information content (AvgIpc) is 1.85. The van der Waals surface area contributed by atoms with E-state index in [1.165, 1.54) is 6.26 Å². The zero-order valence-corrected chi connectivity index (χ0v) is 7.26. The van der Waals surface area contributed by atoms with Crippen LogP contribution in [0.25, 0.3) is 0 Å². The van der Waals surface area contributed by atoms with Gasteiger partial charge in [-0.1, -0.05) is 27.4 Å². The fourth-order valence-electron chi connectivity index (χ4n) is 0.353. The molecule has 62 valence electrons. The average molecular weight is 154 g/mol. The van der Waals surface area contributed by atoms with E-state index in [4.69, 9.17) is 0 Å². The summed E-state index contributed by atoms with van der Waals surface area (Å²) >= 11 is 0. The van der Waals surface area contributed by atoms with Crippen molar-refractivity contribution in [3.05, 3.63) is 25.0 Å². The minimum atomic E-state index is -0.425. The first-order valence-electron chi connectivity index (χ1n) is 3.46. The number of carbonyl (C=O) groups is 1. The van der Waals surface area contributed by atoms with Crippen LogP contribution in [0.5, 0.6) is 0 Å². The number of hydrogen-bond donors (Lipinski definition) is 0. The lowest BCUT2D eigenvalue weighted by molar-refractivity contribution is -0.132. The molecule has 0 amide bonds. The summed E-state index contributed by atoms with van der Waals surface area (Å²) < 4.78 is 4.63. The fourth-order valence-corrected chi connectivity index (χ4v) is 0.353. The molecule has 0 aromatic carbocycles. The summed E-state index contributed by atoms with van der Waals surface area (Å²) in [4.78, 5) is 10.5. The molecule has 0 aliphatic heterocycles. The molecule has 0 N–H and O–H groups in total. The first-order chi connectivity index (χ1) is 4.95. The van der Waals surface area contributed by atoms with Gasteiger partial charge in [-0.2, -0.15) is 0 Å². The van der Waals surface area contributed by atoms with E-state index in [9.17, 15) is 4.79 Å². The molecule has 2 nitrogen and oxygen atoms in total. The maximum atomic E-state index is 10.5. The zero-order valence-electron chi connectivity index (χ0n) is 7.26. The maximum Gasteiger partial charge on any atom is 0.334 e. The summed E-state index contributed by atoms with van der Waals surface area (Å²) in [7, 11) is 0. The van der Waals surface area contributed by atoms with Crippen molar-refractivity contribution in [1.29, 1.82) is 0 Å². The molecule has 0 bridgehead atoms. The summed E-state index contributed by atoms with van der Waals surface area (Å²) in [6.07, 6.45) is 4.34. The second-order valence-electron chi connectivity index (χ2n) is 3.31. The van der Waals surface area contributed by atoms with Crippen LogP contribution in [0.3, 0.4) is 0 Å². The normalized spacial score (nSPS) is 11.5. The lowest BCUT2D eigenvalue weighted by Crippen LogP contribution is -2.00. The van der Waals surface area contributed by atoms with Crippen LogP contribution in [-0.2, 0) is 9.53 Å². The first-order valence-corrected chi connectivity index (χ1v) is 3.46. The molecule has 0 radical (unpaired) electrons. The molecular weight excluding hydrogens is 140 g/mol. The van der Waals surface area contributed by atoms with Gasteiger partial charge in [0.05, 0.1) is 6.26 Å². The molecule has 0 unspecified atom stereocenters. The second kappa shape index (κ2) is 3.96. The Bertz CT molecular complexity index is 172. The Morgan fingerprint density at radius 1 is 1.45 bits per heavy atom. The van der Waals surface area contributed by atoms with E-state index in [2.05, 4.69) is 11.3 Å². The summed E-state index contributed by atoms with van der Waals surface area (Å²) in [5.41, 5.74) is 0.0431. The standard InChI is InChI=1S/C9H14O2/c1-5-8(10)11-7-6-9(2,3)4/h5-7H,1H2,2-4H3/b7-6+. The Morgan fingerprint density at radius 2 is 2.00 bits per heavy atom. The van der Waals surface area contributed by atoms with Gasteiger partial charge in [-0.25, -0.2) is 4.79 Å². The molecule has 0 heterocycles. The van der Waals surface area contributed by atoms with Gasteiger partial charge in [-0.05, 0) is 11.5 Å². The van der Waals surface area contributed by atoms with Gasteiger partial charge < -0.3 is 4.74 Å². The van der Waals surface area contributed by atoms with Gasteiger partial charge in [0.25, 0.3) is 0 Å². The highest BCUT2D eigenvalue weighted by Gasteiger charge is 2.03. The molecule has 0 saturated carbocycles. The highest BCUT2D eigenvalue weighted by Crippen LogP contribution is 2.14. The minimum Gasteiger partial charge on any atom is -0.432 e. The number of hydrogen-bond acceptors (Lipinski definition) is 2. The topological polar surface area (TPSA) is 26.3 Å². The predicted octanol–water partition coefficient (Wildman–Crippen LogP) is 2.28. The molecule has 0 saturated heterocycles. The van der Waals surface area contributed by atoms with Crippen molar-refractivity contribution in [1.82, 2.24) is 0 Å². The summed E-state index contributed by atoms with van der Waals surface area (Å²) in [5.74, 6) is -0.425. The zero-order chi connectivity index (χ0) is 8.91. The van der Waals surface area contributed by atoms with Gasteiger partial charge in [-0.15, -0.1) is 0 Å². The second-order valence-corrected chi connectivity index (χ2v) is 3.31. The van der Waals surface area contributed by atoms with Gasteiger partial charge in [0.2, 0.25) is 0 Å². The predicted molar refractivity (Wildman–Crippen MR) is 44.9 cm³/mol. The van der Waals surface area contributed by atoms with E-state index in [-0.39, 0.29) is 5.41 Å². The molecule has 0 atom stereocenters. The van der Waals surface area contributed by atoms with Crippen LogP contribution in [0, 0.1) is 5.41 Å². The summed E-state index contributed by atoms with van der Waals surface area (Å²) in [6.45, 7) is 9.32. The Labute approximate surface area is 67.6 Å². The third-order valence-corrected chi connectivity index (χ3v) is 0.919. The van der Waals surface area contributed by atoms with Crippen LogP contribution >= 0.6 is 0 Å². The third kappa shape index (κ3) is 6.84. The van der Waals surface area contributed by atoms with Gasteiger partial charge >= 0.3 is 5.97 Å². The molecule has 0 aliphatic carbocycles. The lowest BCUT2D eigenvalue weighted by Gasteiger charge is -2.09. The smallest absolute Gasteiger partial charge is 0.334 e. The van der Waals surface area contributed by atoms with Crippen LogP contribution < -0.4 is 0 Å². The van der Waals surface area contributed by atoms with Crippen LogP contribution in [0.2, 0.25) is 0 Å². The Morgan fingerprint density at radius 3 is 2.36 bits per heavy atom. The van der Waals surface area contributed by atoms with Gasteiger partial charge in [-0.3, -0.25) is 0 Å². The summed E-state index contributed by atoms with van der Waals surface area (Å²) in [6, 6.07) is 0. The SMILES string of the molecule is C=CC(=O)O/C=C/C(C)(C)C. The third-order valence-electron chi connectivity index (χ3n) is 0.919. The molecule has 11 heavy (non-hydrogen) atoms. The highest BCUT2D eigenvalue weighted by atomic mass is 16.5. The van der Waals surface area contributed by atoms with E-state index in [0.717, 1.165) is 6.08 Å². The van der Waals surface area contributed by atoms with Crippen molar-refractivity contribution < 1.29 is 9.53 Å². The fraction of sp³-hybridized carbons (Fsp3) is 0.444. The lowest BCUT2D eigenvalue weighted by atomic mass is 9.97. The maximum absolute atomic E-state index is 10.5. The van der Waals surface area contributed by atoms with Gasteiger partial charge in [0.15, 0.2) is 0 Å². The largest absolute Gasteiger partial charge is 0.432 e. The van der Waals surface area contributed by atoms with Crippen molar-refractivity contribution in [3.8, 4) is 0 Å². The number of allylic oxidation sites excluding steroid dienone is 1. The number of carbonyl (C=O) groups excluding carboxylic acids is 1. The Hall–Kier alpha value is -1.05. The van der Waals surface area contributed by atoms with Gasteiger partial charge in [0, 0.05) is 6.08 Å². The number of esters is 1. The van der Waals surface area contributed by atoms with Crippen LogP contribution in [0.15, 0.2) is 25.0 Å². The van der Waals surface area contributed by atoms with Crippen LogP contribution in [-0.4, -0.2) is 5.97 Å². The van der Waals surface area contributed by atoms with E-state index in [1.54, 1.807) is 0 Å². The van der Waals surface area contributed by atoms with E-state index in [1.807, 2.05) is 26.8 Å². The summed E-state index contributed by atoms with van der Waals surface area (Å²) in [5, 5.41) is 0.